The molecule has 0 bridgehead atoms. The highest BCUT2D eigenvalue weighted by Crippen LogP contribution is 2.26. The van der Waals surface area contributed by atoms with Crippen molar-refractivity contribution in [3.8, 4) is 5.75 Å². The van der Waals surface area contributed by atoms with Gasteiger partial charge in [0.15, 0.2) is 0 Å². The summed E-state index contributed by atoms with van der Waals surface area (Å²) in [6.45, 7) is 5.23. The minimum atomic E-state index is -2.00. The highest BCUT2D eigenvalue weighted by atomic mass is 33.1. The van der Waals surface area contributed by atoms with E-state index in [1.165, 1.54) is 45.0 Å². The van der Waals surface area contributed by atoms with Crippen molar-refractivity contribution in [1.29, 1.82) is 0 Å². The van der Waals surface area contributed by atoms with Crippen LogP contribution < -0.4 is 59.3 Å². The van der Waals surface area contributed by atoms with Crippen LogP contribution in [-0.2, 0) is 86.4 Å². The topological polar surface area (TPSA) is 540 Å². The number of hydrogen-bond acceptors (Lipinski definition) is 20. The maximum absolute atomic E-state index is 15.1. The average molecular weight is 1430 g/mol. The molecule has 0 unspecified atom stereocenters. The van der Waals surface area contributed by atoms with Gasteiger partial charge in [-0.1, -0.05) is 96.1 Å². The molecule has 0 aliphatic carbocycles. The average Bonchev–Trinajstić information content (AvgIpc) is 1.61. The Balaban J connectivity index is 0.00000438. The van der Waals surface area contributed by atoms with Crippen LogP contribution in [0.15, 0.2) is 85.1 Å². The Kier molecular flexibility index (Phi) is 32.1. The van der Waals surface area contributed by atoms with Gasteiger partial charge in [-0.05, 0) is 86.4 Å². The molecular weight excluding hydrogens is 1350 g/mol. The van der Waals surface area contributed by atoms with Gasteiger partial charge in [-0.2, -0.15) is 0 Å². The van der Waals surface area contributed by atoms with Crippen molar-refractivity contribution in [1.82, 2.24) is 57.7 Å². The number of aromatic nitrogens is 1. The number of para-hydroxylation sites is 1. The second kappa shape index (κ2) is 39.7. The van der Waals surface area contributed by atoms with E-state index >= 15 is 9.59 Å². The van der Waals surface area contributed by atoms with Crippen LogP contribution in [0.2, 0.25) is 0 Å². The lowest BCUT2D eigenvalue weighted by Gasteiger charge is -2.31. The van der Waals surface area contributed by atoms with Crippen LogP contribution in [0.3, 0.4) is 0 Å². The molecule has 2 fully saturated rings. The van der Waals surface area contributed by atoms with Crippen LogP contribution in [0.5, 0.6) is 5.75 Å². The first-order valence-electron chi connectivity index (χ1n) is 32.0. The second-order valence-corrected chi connectivity index (χ2v) is 26.7. The van der Waals surface area contributed by atoms with Crippen molar-refractivity contribution in [3.05, 3.63) is 102 Å². The summed E-state index contributed by atoms with van der Waals surface area (Å²) in [6, 6.07) is 3.54. The Morgan fingerprint density at radius 1 is 0.650 bits per heavy atom. The van der Waals surface area contributed by atoms with Crippen molar-refractivity contribution < 1.29 is 97.8 Å². The number of carboxylic acids is 4. The number of hydrogen-bond donors (Lipinski definition) is 18. The van der Waals surface area contributed by atoms with E-state index in [1.807, 2.05) is 0 Å². The summed E-state index contributed by atoms with van der Waals surface area (Å²) in [4.78, 5) is 194. The van der Waals surface area contributed by atoms with E-state index in [0.29, 0.717) is 27.6 Å². The van der Waals surface area contributed by atoms with Crippen molar-refractivity contribution >= 4 is 115 Å². The van der Waals surface area contributed by atoms with E-state index in [-0.39, 0.29) is 70.2 Å². The number of fused-ring (bicyclic) bond motifs is 1. The standard InChI is InChI=1S/C63H83N13O18S2.C2H4O2/c1-32(2)51(63(93)94)74-60(90)47-31-96-95-30-46(72-58(88)45(28-50(81)82)71-61(91)48-16-10-24-76(48)62(92)52(33(3)77)75-53(83)39(65)21-22-49(79)80)59(89)69-42(25-34-11-5-4-6-12-34)55(85)70-44(27-36-29-66-40-14-8-7-13-38(36)40)57(87)67-41(15-9-23-64)54(84)68-43(56(86)73-47)26-35-17-19-37(78)20-18-35;1-2(3)4/h4-8,11-14,17-20,29,32-33,39,41-48,51-52,66,77-78H,9-10,15-16,21-28,30-31,64-65H2,1-3H3,(H,67,87)(H,68,84)(H,69,89)(H,70,85)(H,71,91)(H,72,88)(H,73,86)(H,74,90)(H,75,83)(H,79,80)(H,81,82)(H,93,94);1H3,(H,3,4)/t33-,39+,41-,42+,43+,44+,45-,46-,47+,48-,51-,52+;/m1./s1. The first kappa shape index (κ1) is 80.8. The third-order valence-corrected chi connectivity index (χ3v) is 18.4. The molecule has 3 heterocycles. The minimum Gasteiger partial charge on any atom is -0.508 e. The second-order valence-electron chi connectivity index (χ2n) is 24.2. The number of aliphatic hydroxyl groups excluding tert-OH is 1. The molecular formula is C65H87N13O20S2. The highest BCUT2D eigenvalue weighted by molar-refractivity contribution is 8.76. The number of aliphatic carboxylic acids is 4. The Hall–Kier alpha value is -9.84. The summed E-state index contributed by atoms with van der Waals surface area (Å²) in [5, 5.41) is 81.3. The minimum absolute atomic E-state index is 0.0402. The Morgan fingerprint density at radius 2 is 1.21 bits per heavy atom. The lowest BCUT2D eigenvalue weighted by atomic mass is 10.0. The molecule has 4 aromatic rings. The third kappa shape index (κ3) is 25.5. The summed E-state index contributed by atoms with van der Waals surface area (Å²) >= 11 is 0. The normalized spacial score (nSPS) is 21.1. The van der Waals surface area contributed by atoms with Crippen molar-refractivity contribution in [2.75, 3.05) is 24.6 Å². The van der Waals surface area contributed by atoms with Gasteiger partial charge in [0.25, 0.3) is 5.97 Å². The maximum atomic E-state index is 15.1. The largest absolute Gasteiger partial charge is 0.508 e. The highest BCUT2D eigenvalue weighted by Gasteiger charge is 2.42. The maximum Gasteiger partial charge on any atom is 0.326 e. The van der Waals surface area contributed by atoms with Crippen LogP contribution in [0.25, 0.3) is 10.9 Å². The zero-order valence-corrected chi connectivity index (χ0v) is 56.9. The van der Waals surface area contributed by atoms with E-state index in [0.717, 1.165) is 33.4 Å². The summed E-state index contributed by atoms with van der Waals surface area (Å²) in [5.74, 6) is -16.9. The molecule has 35 heteroatoms. The van der Waals surface area contributed by atoms with Gasteiger partial charge in [0.1, 0.15) is 66.2 Å². The fourth-order valence-corrected chi connectivity index (χ4v) is 13.0. The van der Waals surface area contributed by atoms with Crippen molar-refractivity contribution in [3.63, 3.8) is 0 Å². The van der Waals surface area contributed by atoms with Gasteiger partial charge in [-0.25, -0.2) is 4.79 Å². The first-order chi connectivity index (χ1) is 47.4. The van der Waals surface area contributed by atoms with Crippen molar-refractivity contribution in [2.24, 2.45) is 17.4 Å². The molecule has 3 aromatic carbocycles. The molecule has 20 N–H and O–H groups in total. The van der Waals surface area contributed by atoms with Gasteiger partial charge in [0.05, 0.1) is 18.6 Å². The smallest absolute Gasteiger partial charge is 0.326 e. The van der Waals surface area contributed by atoms with Gasteiger partial charge < -0.3 is 99.8 Å². The van der Waals surface area contributed by atoms with Gasteiger partial charge in [0.2, 0.25) is 59.1 Å². The number of carbonyl (C=O) groups is 14. The Labute approximate surface area is 582 Å². The van der Waals surface area contributed by atoms with Crippen LogP contribution >= 0.6 is 21.6 Å². The fourth-order valence-electron chi connectivity index (χ4n) is 10.6. The number of phenolic OH excluding ortho intramolecular Hbond substituents is 1. The molecule has 1 aromatic heterocycles. The number of benzene rings is 3. The first-order valence-corrected chi connectivity index (χ1v) is 34.5. The molecule has 33 nitrogen and oxygen atoms in total. The zero-order chi connectivity index (χ0) is 73.9. The van der Waals surface area contributed by atoms with Crippen molar-refractivity contribution in [2.45, 2.75) is 164 Å². The predicted octanol–water partition coefficient (Wildman–Crippen LogP) is -1.73. The summed E-state index contributed by atoms with van der Waals surface area (Å²) in [6.07, 6.45) is -2.43. The van der Waals surface area contributed by atoms with Crippen LogP contribution in [0, 0.1) is 5.92 Å². The predicted molar refractivity (Wildman–Crippen MR) is 364 cm³/mol. The lowest BCUT2D eigenvalue weighted by molar-refractivity contribution is -0.145. The fraction of sp³-hybridized carbons (Fsp3) is 0.477. The van der Waals surface area contributed by atoms with E-state index in [9.17, 15) is 73.2 Å². The number of carboxylic acid groups (broad SMARTS) is 4. The van der Waals surface area contributed by atoms with Gasteiger partial charge >= 0.3 is 17.9 Å². The molecule has 544 valence electrons. The summed E-state index contributed by atoms with van der Waals surface area (Å²) in [5.41, 5.74) is 13.9. The van der Waals surface area contributed by atoms with Gasteiger partial charge in [0, 0.05) is 67.8 Å². The molecule has 10 amide bonds. The quantitative estimate of drug-likeness (QED) is 0.0311. The number of aromatic hydroxyl groups is 1. The number of nitrogens with one attached hydrogen (secondary N) is 10. The van der Waals surface area contributed by atoms with Crippen LogP contribution in [-0.4, -0.2) is 221 Å². The van der Waals surface area contributed by atoms with Crippen LogP contribution in [0.4, 0.5) is 0 Å². The van der Waals surface area contributed by atoms with E-state index < -0.39 is 186 Å². The molecule has 2 aliphatic heterocycles. The Morgan fingerprint density at radius 3 is 1.80 bits per heavy atom. The van der Waals surface area contributed by atoms with Gasteiger partial charge in [-0.3, -0.25) is 62.3 Å². The third-order valence-electron chi connectivity index (χ3n) is 15.9. The van der Waals surface area contributed by atoms with Gasteiger partial charge in [-0.15, -0.1) is 0 Å². The molecule has 0 spiro atoms. The summed E-state index contributed by atoms with van der Waals surface area (Å²) < 4.78 is 0. The number of H-pyrrole nitrogens is 1. The number of aliphatic hydroxyl groups is 1. The van der Waals surface area contributed by atoms with E-state index in [1.54, 1.807) is 60.8 Å². The molecule has 6 rings (SSSR count). The number of likely N-dealkylation sites (tertiary alicyclic amines) is 1. The number of phenols is 1. The lowest BCUT2D eigenvalue weighted by Crippen LogP contribution is -2.62. The number of carbonyl (C=O) groups excluding carboxylic acids is 10. The molecule has 0 radical (unpaired) electrons. The zero-order valence-electron chi connectivity index (χ0n) is 55.3. The molecule has 2 aliphatic rings. The molecule has 2 saturated heterocycles. The number of nitrogens with two attached hydrogens (primary N) is 2. The van der Waals surface area contributed by atoms with E-state index in [2.05, 4.69) is 52.8 Å². The van der Waals surface area contributed by atoms with Crippen LogP contribution in [0.1, 0.15) is 89.3 Å². The molecule has 12 atom stereocenters. The monoisotopic (exact) mass is 1430 g/mol. The number of aromatic amines is 1. The SMILES string of the molecule is CC(=O)O.CC(C)[C@@H](NC(=O)[C@@H]1CSSC[C@@H](NC(=O)[C@@H](CC(=O)O)NC(=O)[C@H]2CCCN2C(=O)[C@@H](NC(=O)[C@@H](N)CCC(=O)O)[C@@H](C)O)C(=O)N[C@@H](Cc2ccccc2)C(=O)N[C@@H](Cc2c[nH]c3ccccc23)C(=O)N[C@H](CCCN)C(=O)N[C@@H](Cc2ccc(O)cc2)C(=O)N1)C(=O)O. The number of nitrogens with zero attached hydrogens (tertiary/aromatic N) is 1. The molecule has 0 saturated carbocycles. The number of amides is 10. The molecule has 100 heavy (non-hydrogen) atoms. The Bertz CT molecular complexity index is 3540. The number of rotatable bonds is 26. The van der Waals surface area contributed by atoms with E-state index in [4.69, 9.17) is 26.5 Å². The summed E-state index contributed by atoms with van der Waals surface area (Å²) in [7, 11) is 1.65.